The molecule has 3 N–H and O–H groups in total. The Balaban J connectivity index is 3.37. The monoisotopic (exact) mass is 1060 g/mol. The van der Waals surface area contributed by atoms with Crippen LogP contribution in [0.2, 0.25) is 0 Å². The normalized spacial score (nSPS) is 12.6. The molecule has 0 aromatic heterocycles. The molecule has 75 heavy (non-hydrogen) atoms. The Morgan fingerprint density at radius 1 is 0.360 bits per heavy atom. The van der Waals surface area contributed by atoms with E-state index in [4.69, 9.17) is 4.74 Å². The minimum atomic E-state index is -0.843. The first-order valence-corrected chi connectivity index (χ1v) is 34.1. The van der Waals surface area contributed by atoms with E-state index in [1.807, 2.05) is 6.08 Å². The summed E-state index contributed by atoms with van der Waals surface area (Å²) >= 11 is 0. The Bertz CT molecular complexity index is 1170. The molecule has 0 aliphatic heterocycles. The molecular formula is C69H133NO5. The van der Waals surface area contributed by atoms with Gasteiger partial charge in [0.25, 0.3) is 0 Å². The molecule has 2 atom stereocenters. The van der Waals surface area contributed by atoms with E-state index in [1.54, 1.807) is 6.08 Å². The first kappa shape index (κ1) is 73.3. The number of rotatable bonds is 64. The second-order valence-electron chi connectivity index (χ2n) is 23.5. The van der Waals surface area contributed by atoms with Crippen LogP contribution >= 0.6 is 0 Å². The van der Waals surface area contributed by atoms with Crippen molar-refractivity contribution in [3.8, 4) is 0 Å². The zero-order valence-corrected chi connectivity index (χ0v) is 50.8. The lowest BCUT2D eigenvalue weighted by molar-refractivity contribution is -0.143. The van der Waals surface area contributed by atoms with Gasteiger partial charge in [-0.15, -0.1) is 0 Å². The van der Waals surface area contributed by atoms with Crippen LogP contribution in [0.3, 0.4) is 0 Å². The summed E-state index contributed by atoms with van der Waals surface area (Å²) in [6.07, 6.45) is 81.0. The van der Waals surface area contributed by atoms with Gasteiger partial charge in [-0.2, -0.15) is 0 Å². The van der Waals surface area contributed by atoms with Crippen molar-refractivity contribution >= 4 is 11.9 Å². The molecule has 0 spiro atoms. The summed E-state index contributed by atoms with van der Waals surface area (Å²) in [7, 11) is 0. The first-order chi connectivity index (χ1) is 37.0. The number of carbonyl (C=O) groups excluding carboxylic acids is 2. The molecule has 0 aliphatic carbocycles. The molecule has 0 rings (SSSR count). The fourth-order valence-corrected chi connectivity index (χ4v) is 10.7. The Labute approximate surface area is 469 Å². The SMILES string of the molecule is CCCCCC/C=C\CCCCCCCC(=O)OCCCCCCCCCCCCCCCCCCCCCCCCCCCCCC(=O)NC(CO)C(O)/C=C/CCCCCCCCCCCCCCCCCC. The number of amides is 1. The maximum atomic E-state index is 12.5. The number of allylic oxidation sites excluding steroid dienone is 3. The van der Waals surface area contributed by atoms with E-state index in [-0.39, 0.29) is 18.5 Å². The van der Waals surface area contributed by atoms with Crippen molar-refractivity contribution in [1.82, 2.24) is 5.32 Å². The average Bonchev–Trinajstić information content (AvgIpc) is 3.41. The number of hydrogen-bond acceptors (Lipinski definition) is 5. The number of unbranched alkanes of at least 4 members (excludes halogenated alkanes) is 51. The van der Waals surface area contributed by atoms with Crippen LogP contribution in [0.15, 0.2) is 24.3 Å². The van der Waals surface area contributed by atoms with Gasteiger partial charge in [-0.1, -0.05) is 334 Å². The third-order valence-electron chi connectivity index (χ3n) is 16.0. The molecule has 0 fully saturated rings. The Morgan fingerprint density at radius 2 is 0.627 bits per heavy atom. The molecule has 0 bridgehead atoms. The summed E-state index contributed by atoms with van der Waals surface area (Å²) in [6, 6.07) is -0.626. The summed E-state index contributed by atoms with van der Waals surface area (Å²) in [5, 5.41) is 23.2. The van der Waals surface area contributed by atoms with E-state index >= 15 is 0 Å². The standard InChI is InChI=1S/C69H133NO5/c1-3-5-7-9-11-13-15-17-18-19-31-34-38-41-45-49-53-57-61-67(72)66(65-71)70-68(73)62-58-54-50-46-42-39-35-32-29-27-25-23-21-20-22-24-26-28-30-33-36-40-44-48-52-56-60-64-75-69(74)63-59-55-51-47-43-37-16-14-12-10-8-6-4-2/h14,16,57,61,66-67,71-72H,3-13,15,17-56,58-60,62-65H2,1-2H3,(H,70,73)/b16-14-,61-57+. The lowest BCUT2D eigenvalue weighted by atomic mass is 10.0. The number of aliphatic hydroxyl groups excluding tert-OH is 2. The second kappa shape index (κ2) is 64.9. The van der Waals surface area contributed by atoms with Gasteiger partial charge in [-0.25, -0.2) is 0 Å². The zero-order chi connectivity index (χ0) is 54.3. The number of carbonyl (C=O) groups is 2. The Hall–Kier alpha value is -1.66. The van der Waals surface area contributed by atoms with Crippen LogP contribution in [0.25, 0.3) is 0 Å². The van der Waals surface area contributed by atoms with E-state index < -0.39 is 12.1 Å². The van der Waals surface area contributed by atoms with Gasteiger partial charge < -0.3 is 20.3 Å². The van der Waals surface area contributed by atoms with E-state index in [9.17, 15) is 19.8 Å². The van der Waals surface area contributed by atoms with E-state index in [2.05, 4.69) is 31.3 Å². The predicted molar refractivity (Wildman–Crippen MR) is 329 cm³/mol. The highest BCUT2D eigenvalue weighted by Crippen LogP contribution is 2.19. The maximum absolute atomic E-state index is 12.5. The van der Waals surface area contributed by atoms with Gasteiger partial charge in [0.05, 0.1) is 25.4 Å². The summed E-state index contributed by atoms with van der Waals surface area (Å²) in [5.74, 6) is -0.0531. The highest BCUT2D eigenvalue weighted by Gasteiger charge is 2.18. The van der Waals surface area contributed by atoms with Crippen LogP contribution in [0, 0.1) is 0 Å². The molecule has 0 saturated carbocycles. The van der Waals surface area contributed by atoms with Crippen LogP contribution in [-0.4, -0.2) is 47.4 Å². The molecule has 2 unspecified atom stereocenters. The van der Waals surface area contributed by atoms with Crippen molar-refractivity contribution in [2.75, 3.05) is 13.2 Å². The zero-order valence-electron chi connectivity index (χ0n) is 50.8. The number of nitrogens with one attached hydrogen (secondary N) is 1. The number of ether oxygens (including phenoxy) is 1. The quantitative estimate of drug-likeness (QED) is 0.0320. The van der Waals surface area contributed by atoms with E-state index in [0.29, 0.717) is 19.4 Å². The molecule has 0 aromatic rings. The molecule has 0 heterocycles. The largest absolute Gasteiger partial charge is 0.466 e. The summed E-state index contributed by atoms with van der Waals surface area (Å²) in [4.78, 5) is 24.5. The van der Waals surface area contributed by atoms with Gasteiger partial charge in [-0.3, -0.25) is 9.59 Å². The minimum absolute atomic E-state index is 0.00892. The molecule has 0 saturated heterocycles. The summed E-state index contributed by atoms with van der Waals surface area (Å²) in [6.45, 7) is 4.92. The highest BCUT2D eigenvalue weighted by atomic mass is 16.5. The molecule has 0 aromatic carbocycles. The van der Waals surface area contributed by atoms with Gasteiger partial charge in [0.2, 0.25) is 5.91 Å². The fraction of sp³-hybridized carbons (Fsp3) is 0.913. The van der Waals surface area contributed by atoms with Crippen molar-refractivity contribution in [3.05, 3.63) is 24.3 Å². The molecule has 444 valence electrons. The highest BCUT2D eigenvalue weighted by molar-refractivity contribution is 5.76. The van der Waals surface area contributed by atoms with Gasteiger partial charge >= 0.3 is 5.97 Å². The van der Waals surface area contributed by atoms with Crippen molar-refractivity contribution in [3.63, 3.8) is 0 Å². The van der Waals surface area contributed by atoms with Gasteiger partial charge in [0, 0.05) is 12.8 Å². The maximum Gasteiger partial charge on any atom is 0.305 e. The number of esters is 1. The number of hydrogen-bond donors (Lipinski definition) is 3. The van der Waals surface area contributed by atoms with Crippen molar-refractivity contribution < 1.29 is 24.5 Å². The molecule has 0 radical (unpaired) electrons. The Kier molecular flexibility index (Phi) is 63.4. The first-order valence-electron chi connectivity index (χ1n) is 34.1. The third-order valence-corrected chi connectivity index (χ3v) is 16.0. The molecule has 6 nitrogen and oxygen atoms in total. The van der Waals surface area contributed by atoms with Crippen LogP contribution in [0.1, 0.15) is 380 Å². The van der Waals surface area contributed by atoms with Crippen molar-refractivity contribution in [1.29, 1.82) is 0 Å². The molecule has 6 heteroatoms. The van der Waals surface area contributed by atoms with Gasteiger partial charge in [0.15, 0.2) is 0 Å². The minimum Gasteiger partial charge on any atom is -0.466 e. The smallest absolute Gasteiger partial charge is 0.305 e. The topological polar surface area (TPSA) is 95.9 Å². The van der Waals surface area contributed by atoms with Gasteiger partial charge in [0.1, 0.15) is 0 Å². The molecular weight excluding hydrogens is 923 g/mol. The van der Waals surface area contributed by atoms with Crippen LogP contribution < -0.4 is 5.32 Å². The van der Waals surface area contributed by atoms with Crippen LogP contribution in [0.5, 0.6) is 0 Å². The lowest BCUT2D eigenvalue weighted by Crippen LogP contribution is -2.45. The van der Waals surface area contributed by atoms with Crippen LogP contribution in [-0.2, 0) is 14.3 Å². The third kappa shape index (κ3) is 61.4. The van der Waals surface area contributed by atoms with Crippen LogP contribution in [0.4, 0.5) is 0 Å². The van der Waals surface area contributed by atoms with Gasteiger partial charge in [-0.05, 0) is 57.8 Å². The van der Waals surface area contributed by atoms with E-state index in [0.717, 1.165) is 44.9 Å². The fourth-order valence-electron chi connectivity index (χ4n) is 10.7. The Morgan fingerprint density at radius 3 is 0.960 bits per heavy atom. The molecule has 1 amide bonds. The predicted octanol–water partition coefficient (Wildman–Crippen LogP) is 21.8. The average molecular weight is 1060 g/mol. The van der Waals surface area contributed by atoms with E-state index in [1.165, 1.54) is 308 Å². The summed E-state index contributed by atoms with van der Waals surface area (Å²) < 4.78 is 5.48. The second-order valence-corrected chi connectivity index (χ2v) is 23.5. The summed E-state index contributed by atoms with van der Waals surface area (Å²) in [5.41, 5.74) is 0. The van der Waals surface area contributed by atoms with Crippen molar-refractivity contribution in [2.45, 2.75) is 392 Å². The lowest BCUT2D eigenvalue weighted by Gasteiger charge is -2.20. The molecule has 0 aliphatic rings. The number of aliphatic hydroxyl groups is 2. The van der Waals surface area contributed by atoms with Crippen molar-refractivity contribution in [2.24, 2.45) is 0 Å².